The van der Waals surface area contributed by atoms with Crippen molar-refractivity contribution in [3.63, 3.8) is 0 Å². The summed E-state index contributed by atoms with van der Waals surface area (Å²) in [5.41, 5.74) is 0.909. The molecule has 0 aromatic heterocycles. The molecule has 1 aromatic carbocycles. The van der Waals surface area contributed by atoms with Crippen LogP contribution in [0.25, 0.3) is 0 Å². The minimum Gasteiger partial charge on any atom is -0.366 e. The number of nitrogens with zero attached hydrogens (tertiary/aromatic N) is 1. The molecule has 0 unspecified atom stereocenters. The second-order valence-electron chi connectivity index (χ2n) is 2.42. The lowest BCUT2D eigenvalue weighted by molar-refractivity contribution is 1.20. The summed E-state index contributed by atoms with van der Waals surface area (Å²) in [5.74, 6) is 0. The maximum atomic E-state index is 8.44. The zero-order valence-corrected chi connectivity index (χ0v) is 9.21. The third-order valence-electron chi connectivity index (χ3n) is 1.50. The molecule has 0 amide bonds. The molecule has 5 heteroatoms. The lowest BCUT2D eigenvalue weighted by Gasteiger charge is -2.06. The Hall–Kier alpha value is -1.25. The summed E-state index contributed by atoms with van der Waals surface area (Å²) in [6.45, 7) is 0. The number of thiocarbonyl (C=S) groups is 1. The number of thioether (sulfide) groups is 1. The molecule has 0 fully saturated rings. The number of nitrogens with one attached hydrogen (secondary N) is 2. The van der Waals surface area contributed by atoms with E-state index in [0.29, 0.717) is 5.11 Å². The molecule has 0 spiro atoms. The minimum absolute atomic E-state index is 0.575. The van der Waals surface area contributed by atoms with Crippen molar-refractivity contribution in [1.82, 2.24) is 5.32 Å². The Bertz CT molecular complexity index is 353. The fourth-order valence-electron chi connectivity index (χ4n) is 0.853. The van der Waals surface area contributed by atoms with Crippen LogP contribution in [0.4, 0.5) is 5.69 Å². The largest absolute Gasteiger partial charge is 0.366 e. The van der Waals surface area contributed by atoms with Crippen molar-refractivity contribution < 1.29 is 0 Å². The van der Waals surface area contributed by atoms with Crippen LogP contribution in [0.5, 0.6) is 0 Å². The summed E-state index contributed by atoms with van der Waals surface area (Å²) < 4.78 is 0. The molecule has 3 nitrogen and oxygen atoms in total. The van der Waals surface area contributed by atoms with Crippen LogP contribution in [0.3, 0.4) is 0 Å². The van der Waals surface area contributed by atoms with Crippen LogP contribution < -0.4 is 10.6 Å². The highest BCUT2D eigenvalue weighted by molar-refractivity contribution is 8.03. The Kier molecular flexibility index (Phi) is 4.23. The minimum atomic E-state index is 0.575. The van der Waals surface area contributed by atoms with E-state index in [9.17, 15) is 0 Å². The van der Waals surface area contributed by atoms with Crippen LogP contribution in [0.15, 0.2) is 29.2 Å². The smallest absolute Gasteiger partial charge is 0.170 e. The van der Waals surface area contributed by atoms with E-state index in [1.807, 2.05) is 29.7 Å². The number of rotatable bonds is 2. The van der Waals surface area contributed by atoms with Crippen LogP contribution in [-0.4, -0.2) is 12.2 Å². The van der Waals surface area contributed by atoms with Crippen molar-refractivity contribution in [3.8, 4) is 5.40 Å². The number of hydrogen-bond acceptors (Lipinski definition) is 3. The zero-order valence-electron chi connectivity index (χ0n) is 7.57. The second-order valence-corrected chi connectivity index (χ2v) is 3.69. The topological polar surface area (TPSA) is 47.8 Å². The number of benzene rings is 1. The highest BCUT2D eigenvalue weighted by atomic mass is 32.2. The Morgan fingerprint density at radius 1 is 1.43 bits per heavy atom. The molecule has 1 aromatic rings. The van der Waals surface area contributed by atoms with E-state index < -0.39 is 0 Å². The van der Waals surface area contributed by atoms with Gasteiger partial charge in [-0.3, -0.25) is 0 Å². The van der Waals surface area contributed by atoms with Gasteiger partial charge in [0.1, 0.15) is 5.40 Å². The van der Waals surface area contributed by atoms with E-state index in [0.717, 1.165) is 22.3 Å². The van der Waals surface area contributed by atoms with E-state index in [-0.39, 0.29) is 0 Å². The van der Waals surface area contributed by atoms with Gasteiger partial charge in [0.2, 0.25) is 0 Å². The van der Waals surface area contributed by atoms with Crippen molar-refractivity contribution in [2.45, 2.75) is 4.90 Å². The predicted molar refractivity (Wildman–Crippen MR) is 63.2 cm³/mol. The van der Waals surface area contributed by atoms with Crippen molar-refractivity contribution >= 4 is 34.8 Å². The third-order valence-corrected chi connectivity index (χ3v) is 2.41. The molecule has 1 rings (SSSR count). The fourth-order valence-corrected chi connectivity index (χ4v) is 1.35. The SMILES string of the molecule is CNC(=S)Nc1ccc(SC#N)cc1. The van der Waals surface area contributed by atoms with Crippen LogP contribution >= 0.6 is 24.0 Å². The van der Waals surface area contributed by atoms with Crippen molar-refractivity contribution in [3.05, 3.63) is 24.3 Å². The number of anilines is 1. The van der Waals surface area contributed by atoms with Gasteiger partial charge < -0.3 is 10.6 Å². The molecule has 0 aliphatic carbocycles. The normalized spacial score (nSPS) is 8.86. The Morgan fingerprint density at radius 3 is 2.57 bits per heavy atom. The fraction of sp³-hybridized carbons (Fsp3) is 0.111. The number of hydrogen-bond donors (Lipinski definition) is 2. The van der Waals surface area contributed by atoms with Crippen LogP contribution in [-0.2, 0) is 0 Å². The van der Waals surface area contributed by atoms with Gasteiger partial charge in [-0.15, -0.1) is 0 Å². The van der Waals surface area contributed by atoms with E-state index in [1.54, 1.807) is 7.05 Å². The monoisotopic (exact) mass is 223 g/mol. The van der Waals surface area contributed by atoms with Gasteiger partial charge in [-0.25, -0.2) is 0 Å². The van der Waals surface area contributed by atoms with Crippen LogP contribution in [0, 0.1) is 10.7 Å². The van der Waals surface area contributed by atoms with Gasteiger partial charge in [0.15, 0.2) is 5.11 Å². The highest BCUT2D eigenvalue weighted by Crippen LogP contribution is 2.18. The molecule has 0 radical (unpaired) electrons. The first-order valence-corrected chi connectivity index (χ1v) is 5.13. The lowest BCUT2D eigenvalue weighted by atomic mass is 10.3. The average Bonchev–Trinajstić information content (AvgIpc) is 2.21. The standard InChI is InChI=1S/C9H9N3S2/c1-11-9(13)12-7-2-4-8(5-3-7)14-6-10/h2-5H,1H3,(H2,11,12,13). The second kappa shape index (κ2) is 5.47. The van der Waals surface area contributed by atoms with Crippen molar-refractivity contribution in [1.29, 1.82) is 5.26 Å². The van der Waals surface area contributed by atoms with Crippen molar-refractivity contribution in [2.75, 3.05) is 12.4 Å². The lowest BCUT2D eigenvalue weighted by Crippen LogP contribution is -2.23. The summed E-state index contributed by atoms with van der Waals surface area (Å²) >= 11 is 6.08. The Labute approximate surface area is 92.5 Å². The van der Waals surface area contributed by atoms with Gasteiger partial charge in [0.25, 0.3) is 0 Å². The maximum Gasteiger partial charge on any atom is 0.170 e. The molecule has 14 heavy (non-hydrogen) atoms. The first-order valence-electron chi connectivity index (χ1n) is 3.91. The number of nitriles is 1. The molecule has 0 heterocycles. The Balaban J connectivity index is 2.65. The van der Waals surface area contributed by atoms with Gasteiger partial charge >= 0.3 is 0 Å². The van der Waals surface area contributed by atoms with Gasteiger partial charge in [-0.2, -0.15) is 5.26 Å². The molecular weight excluding hydrogens is 214 g/mol. The van der Waals surface area contributed by atoms with E-state index in [1.165, 1.54) is 0 Å². The first-order chi connectivity index (χ1) is 6.76. The summed E-state index contributed by atoms with van der Waals surface area (Å²) in [7, 11) is 1.76. The highest BCUT2D eigenvalue weighted by Gasteiger charge is 1.95. The molecule has 0 aliphatic heterocycles. The Morgan fingerprint density at radius 2 is 2.07 bits per heavy atom. The van der Waals surface area contributed by atoms with E-state index in [2.05, 4.69) is 10.6 Å². The summed E-state index contributed by atoms with van der Waals surface area (Å²) in [4.78, 5) is 0.924. The number of thiocyanates is 1. The molecule has 0 bridgehead atoms. The quantitative estimate of drug-likeness (QED) is 0.457. The van der Waals surface area contributed by atoms with E-state index >= 15 is 0 Å². The first kappa shape index (κ1) is 10.8. The average molecular weight is 223 g/mol. The van der Waals surface area contributed by atoms with Gasteiger partial charge in [0.05, 0.1) is 0 Å². The molecule has 2 N–H and O–H groups in total. The van der Waals surface area contributed by atoms with Crippen molar-refractivity contribution in [2.24, 2.45) is 0 Å². The summed E-state index contributed by atoms with van der Waals surface area (Å²) in [6, 6.07) is 7.50. The molecule has 72 valence electrons. The van der Waals surface area contributed by atoms with Gasteiger partial charge in [-0.05, 0) is 48.2 Å². The van der Waals surface area contributed by atoms with Gasteiger partial charge in [-0.1, -0.05) is 0 Å². The van der Waals surface area contributed by atoms with Crippen LogP contribution in [0.1, 0.15) is 0 Å². The third kappa shape index (κ3) is 3.24. The van der Waals surface area contributed by atoms with E-state index in [4.69, 9.17) is 17.5 Å². The van der Waals surface area contributed by atoms with Gasteiger partial charge in [0, 0.05) is 17.6 Å². The zero-order chi connectivity index (χ0) is 10.4. The predicted octanol–water partition coefficient (Wildman–Crippen LogP) is 2.18. The molecule has 0 atom stereocenters. The summed E-state index contributed by atoms with van der Waals surface area (Å²) in [6.07, 6.45) is 0. The molecular formula is C9H9N3S2. The summed E-state index contributed by atoms with van der Waals surface area (Å²) in [5, 5.41) is 16.8. The van der Waals surface area contributed by atoms with Crippen LogP contribution in [0.2, 0.25) is 0 Å². The molecule has 0 saturated heterocycles. The maximum absolute atomic E-state index is 8.44. The molecule has 0 saturated carbocycles. The molecule has 0 aliphatic rings.